The van der Waals surface area contributed by atoms with Gasteiger partial charge in [-0.25, -0.2) is 4.39 Å². The Labute approximate surface area is 157 Å². The molecule has 0 fully saturated rings. The number of nitrogens with zero attached hydrogens (tertiary/aromatic N) is 1. The molecule has 0 unspecified atom stereocenters. The second-order valence-electron chi connectivity index (χ2n) is 4.34. The fourth-order valence-corrected chi connectivity index (χ4v) is 2.01. The molecular weight excluding hydrogens is 338 g/mol. The van der Waals surface area contributed by atoms with E-state index in [1.54, 1.807) is 6.08 Å². The van der Waals surface area contributed by atoms with Crippen LogP contribution >= 0.6 is 0 Å². The summed E-state index contributed by atoms with van der Waals surface area (Å²) in [5.41, 5.74) is 0. The number of hydrogen-bond acceptors (Lipinski definition) is 1. The summed E-state index contributed by atoms with van der Waals surface area (Å²) in [5.74, 6) is -0.403. The molecule has 0 aromatic heterocycles. The fraction of sp³-hybridized carbons (Fsp3) is 0.611. The number of rotatable bonds is 10. The minimum Gasteiger partial charge on any atom is -0.454 e. The van der Waals surface area contributed by atoms with Crippen LogP contribution in [0.2, 0.25) is 0 Å². The molecule has 0 saturated carbocycles. The van der Waals surface area contributed by atoms with Crippen LogP contribution in [0, 0.1) is 6.54 Å². The third-order valence-corrected chi connectivity index (χ3v) is 3.05. The predicted molar refractivity (Wildman–Crippen MR) is 90.2 cm³/mol. The van der Waals surface area contributed by atoms with Gasteiger partial charge in [-0.05, 0) is 44.3 Å². The first-order valence-electron chi connectivity index (χ1n) is 7.88. The van der Waals surface area contributed by atoms with Crippen LogP contribution in [0.1, 0.15) is 60.3 Å². The molecule has 0 saturated heterocycles. The van der Waals surface area contributed by atoms with E-state index in [-0.39, 0.29) is 32.7 Å². The Hall–Kier alpha value is 0.214. The molecule has 0 aliphatic carbocycles. The molecule has 3 heteroatoms. The maximum Gasteiger partial charge on any atom is 0.116 e. The summed E-state index contributed by atoms with van der Waals surface area (Å²) in [6.07, 6.45) is 11.5. The van der Waals surface area contributed by atoms with Gasteiger partial charge in [0.05, 0.1) is 0 Å². The monoisotopic (exact) mass is 371 g/mol. The Morgan fingerprint density at radius 3 is 2.24 bits per heavy atom. The minimum atomic E-state index is -0.403. The van der Waals surface area contributed by atoms with E-state index in [1.165, 1.54) is 18.9 Å². The van der Waals surface area contributed by atoms with Crippen LogP contribution in [-0.2, 0) is 32.7 Å². The van der Waals surface area contributed by atoms with Crippen LogP contribution in [0.4, 0.5) is 4.39 Å². The van der Waals surface area contributed by atoms with Gasteiger partial charge in [-0.1, -0.05) is 52.5 Å². The summed E-state index contributed by atoms with van der Waals surface area (Å²) in [7, 11) is 0. The third-order valence-electron chi connectivity index (χ3n) is 3.05. The number of hydrogen-bond donors (Lipinski definition) is 0. The average Bonchev–Trinajstić information content (AvgIpc) is 2.47. The molecule has 1 nitrogen and oxygen atoms in total. The van der Waals surface area contributed by atoms with Gasteiger partial charge < -0.3 is 4.90 Å². The molecule has 1 radical (unpaired) electrons. The number of allylic oxidation sites excluding steroid dienone is 5. The minimum absolute atomic E-state index is 0. The molecule has 0 aliphatic rings. The standard InChI is InChI=1S/C16H27FN.C2H6.Y/c1-5-16(6-2)18(7-3)14-12-10-8-9-11-13-15(4)17;1-2;/h7-9,11,13,16H,4-6,10,12,14H2,1-3H3;1-2H3;/q-1;;/b9-8-,13-11-;;. The maximum atomic E-state index is 12.3. The summed E-state index contributed by atoms with van der Waals surface area (Å²) in [4.78, 5) is 2.42. The van der Waals surface area contributed by atoms with E-state index < -0.39 is 5.83 Å². The Morgan fingerprint density at radius 1 is 1.24 bits per heavy atom. The van der Waals surface area contributed by atoms with Gasteiger partial charge in [0, 0.05) is 32.7 Å². The van der Waals surface area contributed by atoms with Gasteiger partial charge in [-0.15, -0.1) is 0 Å². The van der Waals surface area contributed by atoms with Crippen LogP contribution < -0.4 is 0 Å². The van der Waals surface area contributed by atoms with E-state index in [2.05, 4.69) is 44.9 Å². The van der Waals surface area contributed by atoms with Crippen molar-refractivity contribution in [3.8, 4) is 0 Å². The van der Waals surface area contributed by atoms with Crippen molar-refractivity contribution >= 4 is 0 Å². The quantitative estimate of drug-likeness (QED) is 0.256. The number of unbranched alkanes of at least 4 members (excludes halogenated alkanes) is 1. The maximum absolute atomic E-state index is 12.3. The summed E-state index contributed by atoms with van der Waals surface area (Å²) in [5, 5.41) is 0. The van der Waals surface area contributed by atoms with Crippen molar-refractivity contribution in [1.82, 2.24) is 4.90 Å². The molecule has 0 rings (SSSR count). The average molecular weight is 371 g/mol. The summed E-state index contributed by atoms with van der Waals surface area (Å²) in [6, 6.07) is 0.661. The van der Waals surface area contributed by atoms with Crippen molar-refractivity contribution in [2.75, 3.05) is 6.54 Å². The van der Waals surface area contributed by atoms with E-state index in [0.29, 0.717) is 6.04 Å². The Bertz CT molecular complexity index is 270. The largest absolute Gasteiger partial charge is 0.454 e. The fourth-order valence-electron chi connectivity index (χ4n) is 2.01. The molecule has 0 heterocycles. The van der Waals surface area contributed by atoms with Gasteiger partial charge in [-0.3, -0.25) is 6.54 Å². The molecule has 0 bridgehead atoms. The molecular formula is C18H33FNY-. The first kappa shape index (κ1) is 26.1. The summed E-state index contributed by atoms with van der Waals surface area (Å²) < 4.78 is 12.3. The van der Waals surface area contributed by atoms with Gasteiger partial charge in [0.2, 0.25) is 0 Å². The van der Waals surface area contributed by atoms with Gasteiger partial charge in [0.1, 0.15) is 5.83 Å². The van der Waals surface area contributed by atoms with E-state index in [9.17, 15) is 4.39 Å². The van der Waals surface area contributed by atoms with Crippen molar-refractivity contribution < 1.29 is 37.1 Å². The zero-order valence-corrected chi connectivity index (χ0v) is 17.4. The van der Waals surface area contributed by atoms with Crippen molar-refractivity contribution in [3.63, 3.8) is 0 Å². The van der Waals surface area contributed by atoms with Crippen molar-refractivity contribution in [3.05, 3.63) is 43.3 Å². The van der Waals surface area contributed by atoms with Crippen LogP contribution in [0.3, 0.4) is 0 Å². The molecule has 0 atom stereocenters. The van der Waals surface area contributed by atoms with Crippen LogP contribution in [0.25, 0.3) is 0 Å². The molecule has 21 heavy (non-hydrogen) atoms. The molecule has 0 N–H and O–H groups in total. The van der Waals surface area contributed by atoms with Gasteiger partial charge in [-0.2, -0.15) is 6.92 Å². The summed E-state index contributed by atoms with van der Waals surface area (Å²) in [6.45, 7) is 17.0. The second-order valence-corrected chi connectivity index (χ2v) is 4.34. The molecule has 0 aromatic carbocycles. The van der Waals surface area contributed by atoms with Gasteiger partial charge >= 0.3 is 0 Å². The van der Waals surface area contributed by atoms with E-state index in [1.807, 2.05) is 19.9 Å². The Balaban J connectivity index is -0.00000103. The first-order valence-corrected chi connectivity index (χ1v) is 7.88. The van der Waals surface area contributed by atoms with E-state index >= 15 is 0 Å². The Morgan fingerprint density at radius 2 is 1.81 bits per heavy atom. The van der Waals surface area contributed by atoms with Crippen LogP contribution in [-0.4, -0.2) is 17.5 Å². The second kappa shape index (κ2) is 20.2. The SMILES string of the molecule is C=C(F)/C=C\C=C/CCCN([CH-]C)C(CC)CC.CC.[Y]. The van der Waals surface area contributed by atoms with Gasteiger partial charge in [0.25, 0.3) is 0 Å². The molecule has 0 aromatic rings. The predicted octanol–water partition coefficient (Wildman–Crippen LogP) is 6.06. The smallest absolute Gasteiger partial charge is 0.116 e. The molecule has 121 valence electrons. The van der Waals surface area contributed by atoms with Crippen LogP contribution in [0.5, 0.6) is 0 Å². The van der Waals surface area contributed by atoms with E-state index in [4.69, 9.17) is 0 Å². The molecule has 0 amide bonds. The van der Waals surface area contributed by atoms with Crippen LogP contribution in [0.15, 0.2) is 36.7 Å². The van der Waals surface area contributed by atoms with Gasteiger partial charge in [0.15, 0.2) is 0 Å². The summed E-state index contributed by atoms with van der Waals surface area (Å²) >= 11 is 0. The Kier molecular flexibility index (Phi) is 25.2. The zero-order valence-electron chi connectivity index (χ0n) is 14.6. The number of halogens is 1. The van der Waals surface area contributed by atoms with Crippen molar-refractivity contribution in [2.24, 2.45) is 0 Å². The normalized spacial score (nSPS) is 10.9. The van der Waals surface area contributed by atoms with Crippen molar-refractivity contribution in [2.45, 2.75) is 66.3 Å². The zero-order chi connectivity index (χ0) is 15.8. The first-order chi connectivity index (χ1) is 9.65. The van der Waals surface area contributed by atoms with E-state index in [0.717, 1.165) is 19.4 Å². The molecule has 0 aliphatic heterocycles. The topological polar surface area (TPSA) is 3.24 Å². The third kappa shape index (κ3) is 16.4. The molecule has 0 spiro atoms. The van der Waals surface area contributed by atoms with Crippen molar-refractivity contribution in [1.29, 1.82) is 0 Å².